The van der Waals surface area contributed by atoms with Crippen LogP contribution in [0.25, 0.3) is 0 Å². The SMILES string of the molecule is C=C(C)C#Cc1c(C)c(OC)c(OC)c(OC)c1OC. The molecule has 0 aliphatic heterocycles. The molecule has 0 aliphatic carbocycles. The van der Waals surface area contributed by atoms with E-state index in [0.29, 0.717) is 28.6 Å². The Morgan fingerprint density at radius 3 is 1.70 bits per heavy atom. The third-order valence-corrected chi connectivity index (χ3v) is 2.78. The summed E-state index contributed by atoms with van der Waals surface area (Å²) in [6.07, 6.45) is 0. The monoisotopic (exact) mass is 276 g/mol. The summed E-state index contributed by atoms with van der Waals surface area (Å²) in [7, 11) is 6.24. The molecule has 0 unspecified atom stereocenters. The molecule has 0 aromatic heterocycles. The van der Waals surface area contributed by atoms with Gasteiger partial charge in [-0.3, -0.25) is 0 Å². The minimum Gasteiger partial charge on any atom is -0.492 e. The van der Waals surface area contributed by atoms with Crippen molar-refractivity contribution in [3.05, 3.63) is 23.3 Å². The number of hydrogen-bond donors (Lipinski definition) is 0. The first-order valence-electron chi connectivity index (χ1n) is 6.05. The van der Waals surface area contributed by atoms with Gasteiger partial charge >= 0.3 is 0 Å². The van der Waals surface area contributed by atoms with Gasteiger partial charge in [0.1, 0.15) is 0 Å². The lowest BCUT2D eigenvalue weighted by Crippen LogP contribution is -2.03. The van der Waals surface area contributed by atoms with Gasteiger partial charge in [-0.25, -0.2) is 0 Å². The molecular formula is C16H20O4. The standard InChI is InChI=1S/C16H20O4/c1-10(2)8-9-12-11(3)13(17-4)15(19-6)16(20-7)14(12)18-5/h1H2,2-7H3. The van der Waals surface area contributed by atoms with Crippen LogP contribution in [0.15, 0.2) is 12.2 Å². The molecule has 1 rings (SSSR count). The van der Waals surface area contributed by atoms with E-state index in [2.05, 4.69) is 18.4 Å². The van der Waals surface area contributed by atoms with Crippen LogP contribution in [0.5, 0.6) is 23.0 Å². The van der Waals surface area contributed by atoms with Gasteiger partial charge in [-0.1, -0.05) is 18.4 Å². The second-order valence-electron chi connectivity index (χ2n) is 4.16. The maximum atomic E-state index is 5.43. The molecular weight excluding hydrogens is 256 g/mol. The fourth-order valence-corrected chi connectivity index (χ4v) is 1.90. The molecule has 0 amide bonds. The van der Waals surface area contributed by atoms with Crippen molar-refractivity contribution >= 4 is 0 Å². The van der Waals surface area contributed by atoms with E-state index in [0.717, 1.165) is 11.1 Å². The number of hydrogen-bond acceptors (Lipinski definition) is 4. The van der Waals surface area contributed by atoms with Gasteiger partial charge in [-0.05, 0) is 19.4 Å². The lowest BCUT2D eigenvalue weighted by molar-refractivity contribution is 0.304. The Balaban J connectivity index is 3.75. The molecule has 4 nitrogen and oxygen atoms in total. The van der Waals surface area contributed by atoms with Crippen LogP contribution >= 0.6 is 0 Å². The normalized spacial score (nSPS) is 9.30. The fraction of sp³-hybridized carbons (Fsp3) is 0.375. The van der Waals surface area contributed by atoms with Crippen molar-refractivity contribution in [1.29, 1.82) is 0 Å². The van der Waals surface area contributed by atoms with Crippen LogP contribution in [0.1, 0.15) is 18.1 Å². The Hall–Kier alpha value is -2.28. The lowest BCUT2D eigenvalue weighted by Gasteiger charge is -2.19. The van der Waals surface area contributed by atoms with Crippen molar-refractivity contribution in [2.75, 3.05) is 28.4 Å². The van der Waals surface area contributed by atoms with E-state index in [-0.39, 0.29) is 0 Å². The Labute approximate surface area is 120 Å². The van der Waals surface area contributed by atoms with Gasteiger partial charge in [0.25, 0.3) is 0 Å². The van der Waals surface area contributed by atoms with Gasteiger partial charge in [-0.2, -0.15) is 0 Å². The van der Waals surface area contributed by atoms with E-state index < -0.39 is 0 Å². The quantitative estimate of drug-likeness (QED) is 0.792. The number of methoxy groups -OCH3 is 4. The summed E-state index contributed by atoms with van der Waals surface area (Å²) in [5, 5.41) is 0. The van der Waals surface area contributed by atoms with E-state index >= 15 is 0 Å². The van der Waals surface area contributed by atoms with Gasteiger partial charge in [0.05, 0.1) is 34.0 Å². The summed E-state index contributed by atoms with van der Waals surface area (Å²) in [4.78, 5) is 0. The van der Waals surface area contributed by atoms with Gasteiger partial charge in [0.15, 0.2) is 11.5 Å². The summed E-state index contributed by atoms with van der Waals surface area (Å²) in [6, 6.07) is 0. The van der Waals surface area contributed by atoms with Crippen molar-refractivity contribution in [1.82, 2.24) is 0 Å². The molecule has 1 aromatic rings. The summed E-state index contributed by atoms with van der Waals surface area (Å²) < 4.78 is 21.6. The highest BCUT2D eigenvalue weighted by Gasteiger charge is 2.24. The van der Waals surface area contributed by atoms with Crippen molar-refractivity contribution in [2.45, 2.75) is 13.8 Å². The molecule has 4 heteroatoms. The van der Waals surface area contributed by atoms with Crippen LogP contribution in [0.2, 0.25) is 0 Å². The highest BCUT2D eigenvalue weighted by molar-refractivity contribution is 5.71. The number of rotatable bonds is 4. The minimum absolute atomic E-state index is 0.462. The molecule has 108 valence electrons. The van der Waals surface area contributed by atoms with Crippen molar-refractivity contribution in [3.8, 4) is 34.8 Å². The largest absolute Gasteiger partial charge is 0.492 e. The molecule has 0 fully saturated rings. The third-order valence-electron chi connectivity index (χ3n) is 2.78. The van der Waals surface area contributed by atoms with Gasteiger partial charge in [0.2, 0.25) is 11.5 Å². The van der Waals surface area contributed by atoms with Crippen LogP contribution in [0, 0.1) is 18.8 Å². The molecule has 0 N–H and O–H groups in total. The van der Waals surface area contributed by atoms with Gasteiger partial charge < -0.3 is 18.9 Å². The molecule has 0 bridgehead atoms. The van der Waals surface area contributed by atoms with Crippen LogP contribution in [-0.2, 0) is 0 Å². The average molecular weight is 276 g/mol. The van der Waals surface area contributed by atoms with E-state index in [9.17, 15) is 0 Å². The second-order valence-corrected chi connectivity index (χ2v) is 4.16. The first kappa shape index (κ1) is 15.8. The maximum Gasteiger partial charge on any atom is 0.208 e. The van der Waals surface area contributed by atoms with Crippen molar-refractivity contribution < 1.29 is 18.9 Å². The van der Waals surface area contributed by atoms with Gasteiger partial charge in [-0.15, -0.1) is 0 Å². The van der Waals surface area contributed by atoms with Crippen LogP contribution in [0.4, 0.5) is 0 Å². The topological polar surface area (TPSA) is 36.9 Å². The molecule has 0 radical (unpaired) electrons. The summed E-state index contributed by atoms with van der Waals surface area (Å²) in [5.41, 5.74) is 2.29. The molecule has 0 saturated heterocycles. The highest BCUT2D eigenvalue weighted by atomic mass is 16.5. The Kier molecular flexibility index (Phi) is 5.33. The molecule has 0 atom stereocenters. The summed E-state index contributed by atoms with van der Waals surface area (Å²) >= 11 is 0. The Bertz CT molecular complexity index is 577. The summed E-state index contributed by atoms with van der Waals surface area (Å²) in [6.45, 7) is 7.51. The number of ether oxygens (including phenoxy) is 4. The lowest BCUT2D eigenvalue weighted by atomic mass is 10.0. The zero-order valence-corrected chi connectivity index (χ0v) is 12.8. The second kappa shape index (κ2) is 6.76. The third kappa shape index (κ3) is 2.83. The smallest absolute Gasteiger partial charge is 0.208 e. The first-order valence-corrected chi connectivity index (χ1v) is 6.05. The van der Waals surface area contributed by atoms with Gasteiger partial charge in [0, 0.05) is 5.56 Å². The molecule has 0 heterocycles. The maximum absolute atomic E-state index is 5.43. The van der Waals surface area contributed by atoms with Crippen LogP contribution in [-0.4, -0.2) is 28.4 Å². The predicted molar refractivity (Wildman–Crippen MR) is 79.1 cm³/mol. The molecule has 0 saturated carbocycles. The predicted octanol–water partition coefficient (Wildman–Crippen LogP) is 2.96. The number of benzene rings is 1. The Morgan fingerprint density at radius 2 is 1.30 bits per heavy atom. The fourth-order valence-electron chi connectivity index (χ4n) is 1.90. The van der Waals surface area contributed by atoms with E-state index in [1.807, 2.05) is 13.8 Å². The molecule has 0 aliphatic rings. The number of allylic oxidation sites excluding steroid dienone is 1. The zero-order valence-electron chi connectivity index (χ0n) is 12.8. The average Bonchev–Trinajstić information content (AvgIpc) is 2.43. The van der Waals surface area contributed by atoms with E-state index in [1.54, 1.807) is 28.4 Å². The highest BCUT2D eigenvalue weighted by Crippen LogP contribution is 2.48. The molecule has 20 heavy (non-hydrogen) atoms. The van der Waals surface area contributed by atoms with E-state index in [1.165, 1.54) is 0 Å². The Morgan fingerprint density at radius 1 is 0.850 bits per heavy atom. The first-order chi connectivity index (χ1) is 9.51. The summed E-state index contributed by atoms with van der Waals surface area (Å²) in [5.74, 6) is 8.04. The van der Waals surface area contributed by atoms with Crippen molar-refractivity contribution in [3.63, 3.8) is 0 Å². The molecule has 0 spiro atoms. The van der Waals surface area contributed by atoms with Crippen LogP contribution in [0.3, 0.4) is 0 Å². The minimum atomic E-state index is 0.462. The van der Waals surface area contributed by atoms with Crippen molar-refractivity contribution in [2.24, 2.45) is 0 Å². The zero-order chi connectivity index (χ0) is 15.3. The van der Waals surface area contributed by atoms with E-state index in [4.69, 9.17) is 18.9 Å². The molecule has 1 aromatic carbocycles. The van der Waals surface area contributed by atoms with Crippen LogP contribution < -0.4 is 18.9 Å².